The average Bonchev–Trinajstić information content (AvgIpc) is 1.53. The summed E-state index contributed by atoms with van der Waals surface area (Å²) < 4.78 is 16.2. The van der Waals surface area contributed by atoms with Crippen LogP contribution in [0.2, 0.25) is 0 Å². The van der Waals surface area contributed by atoms with Crippen LogP contribution in [0, 0.1) is 0 Å². The number of hydrogen-bond donors (Lipinski definition) is 0. The normalized spacial score (nSPS) is 12.3. The summed E-state index contributed by atoms with van der Waals surface area (Å²) in [6, 6.07) is 154. The second-order valence-electron chi connectivity index (χ2n) is 33.6. The molecule has 0 radical (unpaired) electrons. The first-order valence-corrected chi connectivity index (χ1v) is 45.3. The Kier molecular flexibility index (Phi) is 17.8. The number of fused-ring (bicyclic) bond motifs is 27. The van der Waals surface area contributed by atoms with Crippen molar-refractivity contribution in [2.24, 2.45) is 0 Å². The van der Waals surface area contributed by atoms with Crippen molar-refractivity contribution >= 4 is 151 Å². The molecule has 27 aromatic rings. The fourth-order valence-corrected chi connectivity index (χ4v) is 21.8. The number of rotatable bonds is 10. The summed E-state index contributed by atoms with van der Waals surface area (Å²) in [7, 11) is 0. The van der Waals surface area contributed by atoms with Crippen molar-refractivity contribution in [1.29, 1.82) is 0 Å². The Morgan fingerprint density at radius 1 is 0.280 bits per heavy atom. The lowest BCUT2D eigenvalue weighted by molar-refractivity contribution is 0.673. The molecule has 1 aliphatic rings. The number of benzene rings is 18. The Hall–Kier alpha value is -17.5. The van der Waals surface area contributed by atoms with Crippen molar-refractivity contribution in [2.45, 2.75) is 5.41 Å². The van der Waals surface area contributed by atoms with Crippen LogP contribution >= 0.6 is 11.3 Å². The van der Waals surface area contributed by atoms with Crippen LogP contribution in [-0.4, -0.2) is 48.6 Å². The topological polar surface area (TPSA) is 118 Å². The second kappa shape index (κ2) is 31.0. The van der Waals surface area contributed by atoms with E-state index in [2.05, 4.69) is 371 Å². The molecule has 0 bridgehead atoms. The highest BCUT2D eigenvalue weighted by Gasteiger charge is 2.47. The van der Waals surface area contributed by atoms with Gasteiger partial charge in [0, 0.05) is 120 Å². The Morgan fingerprint density at radius 2 is 0.864 bits per heavy atom. The lowest BCUT2D eigenvalue weighted by Gasteiger charge is -2.33. The van der Waals surface area contributed by atoms with E-state index >= 15 is 0 Å². The van der Waals surface area contributed by atoms with E-state index in [0.29, 0.717) is 23.4 Å². The zero-order valence-electron chi connectivity index (χ0n) is 71.0. The molecule has 0 fully saturated rings. The van der Waals surface area contributed by atoms with Crippen LogP contribution in [0.25, 0.3) is 225 Å². The molecule has 12 heteroatoms. The van der Waals surface area contributed by atoms with Crippen molar-refractivity contribution < 1.29 is 4.42 Å². The summed E-state index contributed by atoms with van der Waals surface area (Å²) in [4.78, 5) is 35.4. The molecule has 0 atom stereocenters. The lowest BCUT2D eigenvalue weighted by Crippen LogP contribution is -2.28. The van der Waals surface area contributed by atoms with Gasteiger partial charge < -0.3 is 8.98 Å². The zero-order valence-corrected chi connectivity index (χ0v) is 71.8. The SMILES string of the molecule is c1ccc(-c2cc(-n3c4cnccc4c4ccc5sc6ccccc6c5c43)nc(-c3ccccc3)n2)cc1.c1ccc(-c2nc(-c3ccccc3)nc(-n3c4ccc5ccccc5c4c4ccc5c(c43)-c3ccccc3C5(c3ccccc3)c3ccccc3)n2)cc1.c1ccc(-n2c3ccccc3c3c4cc(-c5ccc6ccccc6n5)ccc4c4oc5ccccc5c4c32)cc1. The van der Waals surface area contributed by atoms with Crippen LogP contribution in [0.4, 0.5) is 0 Å². The van der Waals surface area contributed by atoms with Gasteiger partial charge in [-0.05, 0) is 117 Å². The molecule has 0 spiro atoms. The first-order chi connectivity index (χ1) is 65.5. The molecule has 9 aromatic heterocycles. The molecule has 11 nitrogen and oxygen atoms in total. The number of thiophene rings is 1. The molecular formula is C120H74N10OS. The molecule has 616 valence electrons. The first kappa shape index (κ1) is 75.8. The number of nitrogens with zero attached hydrogens (tertiary/aromatic N) is 10. The van der Waals surface area contributed by atoms with Gasteiger partial charge in [-0.15, -0.1) is 11.3 Å². The fourth-order valence-electron chi connectivity index (χ4n) is 20.7. The first-order valence-electron chi connectivity index (χ1n) is 44.5. The summed E-state index contributed by atoms with van der Waals surface area (Å²) >= 11 is 1.83. The standard InChI is InChI=1S/C50H32N4.C37H22N2O.C33H20N4S/c1-5-18-34(19-6-1)47-51-48(35-20-7-2-8-21-35)53-49(52-47)54-43-32-29-33-17-13-14-26-38(33)44(43)40-30-31-42-45(46(40)54)39-27-15-16-28-41(39)50(42,36-22-9-3-10-23-36)37-24-11-4-12-25-37;1-2-11-25(12-3-1)39-32-16-8-5-13-27(32)34-29-22-24(31-21-19-23-10-4-7-15-30(23)38-31)18-20-26(29)37-35(36(34)39)28-14-6-9-17-33(28)40-37;1-3-9-21(10-4-1)26-19-30(36-33(35-26)22-11-5-2-6-12-22)37-27-20-34-18-17-23(27)24-15-16-29-31(32(24)37)25-13-7-8-14-28(25)38-29/h1-32H;1-22H;1-20H. The summed E-state index contributed by atoms with van der Waals surface area (Å²) in [6.07, 6.45) is 3.81. The smallest absolute Gasteiger partial charge is 0.238 e. The predicted octanol–water partition coefficient (Wildman–Crippen LogP) is 30.5. The predicted molar refractivity (Wildman–Crippen MR) is 544 cm³/mol. The minimum Gasteiger partial charge on any atom is -0.455 e. The lowest BCUT2D eigenvalue weighted by atomic mass is 9.67. The molecule has 0 unspecified atom stereocenters. The van der Waals surface area contributed by atoms with E-state index in [1.807, 2.05) is 109 Å². The van der Waals surface area contributed by atoms with E-state index in [4.69, 9.17) is 34.3 Å². The van der Waals surface area contributed by atoms with Gasteiger partial charge in [-0.25, -0.2) is 19.9 Å². The third kappa shape index (κ3) is 12.1. The van der Waals surface area contributed by atoms with Crippen LogP contribution in [0.15, 0.2) is 454 Å². The highest BCUT2D eigenvalue weighted by Crippen LogP contribution is 2.60. The highest BCUT2D eigenvalue weighted by atomic mass is 32.1. The summed E-state index contributed by atoms with van der Waals surface area (Å²) in [6.45, 7) is 0. The average molecular weight is 1700 g/mol. The summed E-state index contributed by atoms with van der Waals surface area (Å²) in [5.74, 6) is 3.37. The van der Waals surface area contributed by atoms with Gasteiger partial charge in [-0.3, -0.25) is 14.1 Å². The van der Waals surface area contributed by atoms with Gasteiger partial charge in [0.15, 0.2) is 17.5 Å². The van der Waals surface area contributed by atoms with Crippen molar-refractivity contribution in [3.63, 3.8) is 0 Å². The van der Waals surface area contributed by atoms with Crippen molar-refractivity contribution in [3.05, 3.63) is 471 Å². The number of pyridine rings is 2. The molecule has 18 aromatic carbocycles. The van der Waals surface area contributed by atoms with Gasteiger partial charge in [-0.1, -0.05) is 358 Å². The second-order valence-corrected chi connectivity index (χ2v) is 34.7. The van der Waals surface area contributed by atoms with Gasteiger partial charge in [0.2, 0.25) is 5.95 Å². The molecular weight excluding hydrogens is 1630 g/mol. The van der Waals surface area contributed by atoms with E-state index < -0.39 is 5.41 Å². The summed E-state index contributed by atoms with van der Waals surface area (Å²) in [5, 5.41) is 17.8. The summed E-state index contributed by atoms with van der Waals surface area (Å²) in [5.41, 5.74) is 24.3. The van der Waals surface area contributed by atoms with Gasteiger partial charge in [-0.2, -0.15) is 9.97 Å². The van der Waals surface area contributed by atoms with Gasteiger partial charge >= 0.3 is 0 Å². The van der Waals surface area contributed by atoms with Crippen LogP contribution in [0.3, 0.4) is 0 Å². The zero-order chi connectivity index (χ0) is 86.9. The van der Waals surface area contributed by atoms with Gasteiger partial charge in [0.25, 0.3) is 0 Å². The van der Waals surface area contributed by atoms with E-state index in [0.717, 1.165) is 122 Å². The van der Waals surface area contributed by atoms with Crippen LogP contribution in [0.5, 0.6) is 0 Å². The van der Waals surface area contributed by atoms with E-state index in [9.17, 15) is 0 Å². The molecule has 0 saturated carbocycles. The van der Waals surface area contributed by atoms with Crippen molar-refractivity contribution in [2.75, 3.05) is 0 Å². The molecule has 1 aliphatic carbocycles. The Morgan fingerprint density at radius 3 is 1.59 bits per heavy atom. The molecule has 9 heterocycles. The highest BCUT2D eigenvalue weighted by molar-refractivity contribution is 7.26. The number of furan rings is 1. The van der Waals surface area contributed by atoms with E-state index in [1.165, 1.54) is 102 Å². The molecule has 0 saturated heterocycles. The maximum atomic E-state index is 6.63. The maximum absolute atomic E-state index is 6.63. The van der Waals surface area contributed by atoms with Gasteiger partial charge in [0.1, 0.15) is 17.0 Å². The monoisotopic (exact) mass is 1700 g/mol. The Labute approximate surface area is 761 Å². The Bertz CT molecular complexity index is 9120. The van der Waals surface area contributed by atoms with Gasteiger partial charge in [0.05, 0.1) is 67.0 Å². The molecule has 132 heavy (non-hydrogen) atoms. The molecule has 28 rings (SSSR count). The van der Waals surface area contributed by atoms with E-state index in [-0.39, 0.29) is 0 Å². The third-order valence-electron chi connectivity index (χ3n) is 26.4. The Balaban J connectivity index is 0.000000106. The number of aromatic nitrogens is 10. The number of hydrogen-bond acceptors (Lipinski definition) is 9. The molecule has 0 N–H and O–H groups in total. The number of para-hydroxylation sites is 4. The van der Waals surface area contributed by atoms with E-state index in [1.54, 1.807) is 0 Å². The van der Waals surface area contributed by atoms with Crippen LogP contribution < -0.4 is 0 Å². The molecule has 0 amide bonds. The van der Waals surface area contributed by atoms with Crippen LogP contribution in [0.1, 0.15) is 22.3 Å². The van der Waals surface area contributed by atoms with Crippen molar-refractivity contribution in [3.8, 4) is 85.3 Å². The fraction of sp³-hybridized carbons (Fsp3) is 0.00833. The largest absolute Gasteiger partial charge is 0.455 e. The molecule has 0 aliphatic heterocycles. The van der Waals surface area contributed by atoms with Crippen molar-refractivity contribution in [1.82, 2.24) is 48.6 Å². The quantitative estimate of drug-likeness (QED) is 0.133. The minimum atomic E-state index is -0.546. The maximum Gasteiger partial charge on any atom is 0.238 e. The third-order valence-corrected chi connectivity index (χ3v) is 27.5. The van der Waals surface area contributed by atoms with Crippen LogP contribution in [-0.2, 0) is 5.41 Å². The minimum absolute atomic E-state index is 0.546.